The monoisotopic (exact) mass is 305 g/mol. The molecule has 0 unspecified atom stereocenters. The molecular formula is C12H16ClNO4S. The first-order chi connectivity index (χ1) is 8.85. The van der Waals surface area contributed by atoms with Crippen LogP contribution in [0.4, 0.5) is 5.69 Å². The van der Waals surface area contributed by atoms with Crippen LogP contribution in [0.5, 0.6) is 0 Å². The van der Waals surface area contributed by atoms with E-state index in [0.29, 0.717) is 11.4 Å². The van der Waals surface area contributed by atoms with Gasteiger partial charge in [0.25, 0.3) is 0 Å². The summed E-state index contributed by atoms with van der Waals surface area (Å²) in [6.07, 6.45) is 0.546. The van der Waals surface area contributed by atoms with Crippen molar-refractivity contribution in [1.29, 1.82) is 0 Å². The van der Waals surface area contributed by atoms with Gasteiger partial charge in [-0.15, -0.1) is 0 Å². The number of sulfone groups is 1. The minimum atomic E-state index is -3.15. The average molecular weight is 306 g/mol. The molecule has 0 fully saturated rings. The lowest BCUT2D eigenvalue weighted by atomic mass is 10.2. The zero-order chi connectivity index (χ0) is 14.5. The number of nitrogen functional groups attached to an aromatic ring is 1. The molecular weight excluding hydrogens is 290 g/mol. The minimum absolute atomic E-state index is 0.0957. The van der Waals surface area contributed by atoms with Crippen LogP contribution in [0.15, 0.2) is 18.2 Å². The first-order valence-corrected chi connectivity index (χ1v) is 7.98. The molecule has 0 saturated heterocycles. The SMILES string of the molecule is CCCS(=O)(=O)CCOC(=O)c1ccc(Cl)c(N)c1. The Morgan fingerprint density at radius 1 is 1.37 bits per heavy atom. The van der Waals surface area contributed by atoms with E-state index in [1.807, 2.05) is 0 Å². The van der Waals surface area contributed by atoms with Gasteiger partial charge in [0.15, 0.2) is 9.84 Å². The van der Waals surface area contributed by atoms with E-state index >= 15 is 0 Å². The fraction of sp³-hybridized carbons (Fsp3) is 0.417. The summed E-state index contributed by atoms with van der Waals surface area (Å²) in [6, 6.07) is 4.36. The molecule has 1 aromatic carbocycles. The highest BCUT2D eigenvalue weighted by Crippen LogP contribution is 2.19. The maximum Gasteiger partial charge on any atom is 0.338 e. The third-order valence-electron chi connectivity index (χ3n) is 2.37. The molecule has 1 rings (SSSR count). The molecule has 0 aromatic heterocycles. The fourth-order valence-corrected chi connectivity index (χ4v) is 2.71. The number of rotatable bonds is 6. The normalized spacial score (nSPS) is 11.3. The van der Waals surface area contributed by atoms with Gasteiger partial charge in [0.1, 0.15) is 6.61 Å². The predicted molar refractivity (Wildman–Crippen MR) is 75.1 cm³/mol. The highest BCUT2D eigenvalue weighted by molar-refractivity contribution is 7.91. The molecule has 0 saturated carbocycles. The number of benzene rings is 1. The van der Waals surface area contributed by atoms with Crippen molar-refractivity contribution >= 4 is 33.1 Å². The molecule has 19 heavy (non-hydrogen) atoms. The van der Waals surface area contributed by atoms with Gasteiger partial charge >= 0.3 is 5.97 Å². The quantitative estimate of drug-likeness (QED) is 0.641. The summed E-state index contributed by atoms with van der Waals surface area (Å²) in [6.45, 7) is 1.61. The third kappa shape index (κ3) is 5.08. The molecule has 5 nitrogen and oxygen atoms in total. The van der Waals surface area contributed by atoms with E-state index in [1.165, 1.54) is 18.2 Å². The number of ether oxygens (including phenoxy) is 1. The molecule has 2 N–H and O–H groups in total. The molecule has 0 amide bonds. The molecule has 0 spiro atoms. The largest absolute Gasteiger partial charge is 0.461 e. The van der Waals surface area contributed by atoms with Crippen LogP contribution in [-0.4, -0.2) is 32.5 Å². The lowest BCUT2D eigenvalue weighted by molar-refractivity contribution is 0.0529. The fourth-order valence-electron chi connectivity index (χ4n) is 1.43. The summed E-state index contributed by atoms with van der Waals surface area (Å²) in [7, 11) is -3.15. The van der Waals surface area contributed by atoms with E-state index in [9.17, 15) is 13.2 Å². The van der Waals surface area contributed by atoms with Crippen molar-refractivity contribution in [3.05, 3.63) is 28.8 Å². The highest BCUT2D eigenvalue weighted by atomic mass is 35.5. The van der Waals surface area contributed by atoms with Gasteiger partial charge in [-0.3, -0.25) is 0 Å². The number of carbonyl (C=O) groups is 1. The molecule has 0 aliphatic carbocycles. The summed E-state index contributed by atoms with van der Waals surface area (Å²) >= 11 is 5.73. The number of hydrogen-bond donors (Lipinski definition) is 1. The smallest absolute Gasteiger partial charge is 0.338 e. The highest BCUT2D eigenvalue weighted by Gasteiger charge is 2.13. The molecule has 7 heteroatoms. The van der Waals surface area contributed by atoms with E-state index in [1.54, 1.807) is 6.92 Å². The van der Waals surface area contributed by atoms with Crippen LogP contribution in [-0.2, 0) is 14.6 Å². The summed E-state index contributed by atoms with van der Waals surface area (Å²) < 4.78 is 27.7. The van der Waals surface area contributed by atoms with Crippen LogP contribution in [0.25, 0.3) is 0 Å². The van der Waals surface area contributed by atoms with Crippen molar-refractivity contribution in [1.82, 2.24) is 0 Å². The standard InChI is InChI=1S/C12H16ClNO4S/c1-2-6-19(16,17)7-5-18-12(15)9-3-4-10(13)11(14)8-9/h3-4,8H,2,5-7,14H2,1H3. The summed E-state index contributed by atoms with van der Waals surface area (Å²) in [4.78, 5) is 11.6. The zero-order valence-electron chi connectivity index (χ0n) is 10.6. The Labute approximate surface area is 117 Å². The second kappa shape index (κ2) is 6.77. The van der Waals surface area contributed by atoms with E-state index < -0.39 is 15.8 Å². The molecule has 0 atom stereocenters. The van der Waals surface area contributed by atoms with Crippen molar-refractivity contribution < 1.29 is 17.9 Å². The Bertz CT molecular complexity index is 557. The van der Waals surface area contributed by atoms with Crippen molar-refractivity contribution in [2.75, 3.05) is 23.8 Å². The number of halogens is 1. The Hall–Kier alpha value is -1.27. The van der Waals surface area contributed by atoms with Gasteiger partial charge < -0.3 is 10.5 Å². The number of nitrogens with two attached hydrogens (primary N) is 1. The van der Waals surface area contributed by atoms with Gasteiger partial charge in [-0.05, 0) is 24.6 Å². The average Bonchev–Trinajstić information content (AvgIpc) is 2.32. The van der Waals surface area contributed by atoms with Crippen LogP contribution in [0.3, 0.4) is 0 Å². The number of anilines is 1. The van der Waals surface area contributed by atoms with Crippen molar-refractivity contribution in [3.8, 4) is 0 Å². The van der Waals surface area contributed by atoms with Gasteiger partial charge in [0.2, 0.25) is 0 Å². The second-order valence-electron chi connectivity index (χ2n) is 4.02. The predicted octanol–water partition coefficient (Wildman–Crippen LogP) is 1.90. The maximum atomic E-state index is 11.6. The first kappa shape index (κ1) is 15.8. The van der Waals surface area contributed by atoms with Crippen LogP contribution in [0, 0.1) is 0 Å². The minimum Gasteiger partial charge on any atom is -0.461 e. The molecule has 0 bridgehead atoms. The van der Waals surface area contributed by atoms with Gasteiger partial charge in [0, 0.05) is 0 Å². The molecule has 106 valence electrons. The van der Waals surface area contributed by atoms with Crippen LogP contribution < -0.4 is 5.73 Å². The topological polar surface area (TPSA) is 86.5 Å². The van der Waals surface area contributed by atoms with Crippen LogP contribution >= 0.6 is 11.6 Å². The summed E-state index contributed by atoms with van der Waals surface area (Å²) in [5.41, 5.74) is 6.08. The number of carbonyl (C=O) groups excluding carboxylic acids is 1. The van der Waals surface area contributed by atoms with E-state index in [0.717, 1.165) is 0 Å². The van der Waals surface area contributed by atoms with Gasteiger partial charge in [-0.25, -0.2) is 13.2 Å². The number of hydrogen-bond acceptors (Lipinski definition) is 5. The lowest BCUT2D eigenvalue weighted by Gasteiger charge is -2.06. The van der Waals surface area contributed by atoms with Crippen LogP contribution in [0.2, 0.25) is 5.02 Å². The Morgan fingerprint density at radius 2 is 2.05 bits per heavy atom. The summed E-state index contributed by atoms with van der Waals surface area (Å²) in [5.74, 6) is -0.691. The molecule has 0 radical (unpaired) electrons. The van der Waals surface area contributed by atoms with E-state index in [-0.39, 0.29) is 29.4 Å². The molecule has 0 aliphatic rings. The summed E-state index contributed by atoms with van der Waals surface area (Å²) in [5, 5.41) is 0.349. The Kier molecular flexibility index (Phi) is 5.62. The maximum absolute atomic E-state index is 11.6. The van der Waals surface area contributed by atoms with Crippen molar-refractivity contribution in [2.45, 2.75) is 13.3 Å². The zero-order valence-corrected chi connectivity index (χ0v) is 12.1. The van der Waals surface area contributed by atoms with Crippen molar-refractivity contribution in [2.24, 2.45) is 0 Å². The van der Waals surface area contributed by atoms with Gasteiger partial charge in [-0.1, -0.05) is 18.5 Å². The van der Waals surface area contributed by atoms with E-state index in [4.69, 9.17) is 22.1 Å². The van der Waals surface area contributed by atoms with Crippen LogP contribution in [0.1, 0.15) is 23.7 Å². The molecule has 0 heterocycles. The second-order valence-corrected chi connectivity index (χ2v) is 6.73. The third-order valence-corrected chi connectivity index (χ3v) is 4.54. The molecule has 1 aromatic rings. The molecule has 0 aliphatic heterocycles. The Balaban J connectivity index is 2.54. The first-order valence-electron chi connectivity index (χ1n) is 5.78. The number of esters is 1. The van der Waals surface area contributed by atoms with Crippen molar-refractivity contribution in [3.63, 3.8) is 0 Å². The Morgan fingerprint density at radius 3 is 2.63 bits per heavy atom. The lowest BCUT2D eigenvalue weighted by Crippen LogP contribution is -2.17. The van der Waals surface area contributed by atoms with Gasteiger partial charge in [-0.2, -0.15) is 0 Å². The van der Waals surface area contributed by atoms with E-state index in [2.05, 4.69) is 0 Å². The van der Waals surface area contributed by atoms with Gasteiger partial charge in [0.05, 0.1) is 27.8 Å².